The first-order valence-electron chi connectivity index (χ1n) is 10.5. The van der Waals surface area contributed by atoms with Gasteiger partial charge in [0.1, 0.15) is 11.6 Å². The predicted molar refractivity (Wildman–Crippen MR) is 120 cm³/mol. The summed E-state index contributed by atoms with van der Waals surface area (Å²) in [6.45, 7) is 5.32. The van der Waals surface area contributed by atoms with E-state index in [0.29, 0.717) is 43.2 Å². The second-order valence-electron chi connectivity index (χ2n) is 7.97. The molecule has 1 aromatic heterocycles. The molecule has 0 radical (unpaired) electrons. The number of halogens is 1. The summed E-state index contributed by atoms with van der Waals surface area (Å²) in [7, 11) is 1.71. The topological polar surface area (TPSA) is 85.9 Å². The number of rotatable bonds is 7. The Morgan fingerprint density at radius 1 is 1.09 bits per heavy atom. The molecule has 8 nitrogen and oxygen atoms in total. The number of hydrogen-bond donors (Lipinski definition) is 1. The summed E-state index contributed by atoms with van der Waals surface area (Å²) in [4.78, 5) is 45.7. The van der Waals surface area contributed by atoms with E-state index in [4.69, 9.17) is 0 Å². The lowest BCUT2D eigenvalue weighted by molar-refractivity contribution is -0.132. The molecule has 0 saturated carbocycles. The van der Waals surface area contributed by atoms with Crippen molar-refractivity contribution in [2.75, 3.05) is 56.5 Å². The first-order chi connectivity index (χ1) is 15.2. The monoisotopic (exact) mass is 441 g/mol. The Balaban J connectivity index is 1.46. The van der Waals surface area contributed by atoms with Gasteiger partial charge in [-0.25, -0.2) is 9.37 Å². The van der Waals surface area contributed by atoms with E-state index in [9.17, 15) is 18.8 Å². The first kappa shape index (κ1) is 23.3. The third-order valence-electron chi connectivity index (χ3n) is 5.30. The molecule has 2 heterocycles. The zero-order chi connectivity index (χ0) is 23.3. The molecule has 0 aliphatic carbocycles. The molecular weight excluding hydrogens is 413 g/mol. The van der Waals surface area contributed by atoms with Gasteiger partial charge in [0.25, 0.3) is 0 Å². The van der Waals surface area contributed by atoms with Crippen molar-refractivity contribution in [2.24, 2.45) is 0 Å². The minimum atomic E-state index is -0.439. The van der Waals surface area contributed by atoms with E-state index in [1.807, 2.05) is 24.0 Å². The Labute approximate surface area is 187 Å². The SMILES string of the molecule is CC(=O)c1ccc(N2CCN(C(=O)CN(C)CC(=O)Nc3cccc(C)n3)CC2)c(F)c1. The van der Waals surface area contributed by atoms with E-state index in [2.05, 4.69) is 10.3 Å². The van der Waals surface area contributed by atoms with Crippen molar-refractivity contribution in [3.05, 3.63) is 53.5 Å². The smallest absolute Gasteiger partial charge is 0.239 e. The molecule has 0 spiro atoms. The van der Waals surface area contributed by atoms with E-state index < -0.39 is 5.82 Å². The van der Waals surface area contributed by atoms with Crippen LogP contribution in [0.4, 0.5) is 15.9 Å². The highest BCUT2D eigenvalue weighted by Gasteiger charge is 2.24. The normalized spacial score (nSPS) is 13.9. The number of hydrogen-bond acceptors (Lipinski definition) is 6. The number of aromatic nitrogens is 1. The van der Waals surface area contributed by atoms with Gasteiger partial charge in [-0.05, 0) is 51.2 Å². The Morgan fingerprint density at radius 3 is 2.44 bits per heavy atom. The van der Waals surface area contributed by atoms with Crippen molar-refractivity contribution in [1.29, 1.82) is 0 Å². The molecule has 1 aliphatic rings. The zero-order valence-corrected chi connectivity index (χ0v) is 18.6. The lowest BCUT2D eigenvalue weighted by Crippen LogP contribution is -2.51. The van der Waals surface area contributed by atoms with Gasteiger partial charge in [0, 0.05) is 37.4 Å². The second kappa shape index (κ2) is 10.3. The number of aryl methyl sites for hydroxylation is 1. The third kappa shape index (κ3) is 6.10. The summed E-state index contributed by atoms with van der Waals surface area (Å²) in [6.07, 6.45) is 0. The summed E-state index contributed by atoms with van der Waals surface area (Å²) < 4.78 is 14.4. The molecule has 170 valence electrons. The average Bonchev–Trinajstić information content (AvgIpc) is 2.73. The molecule has 3 rings (SSSR count). The van der Waals surface area contributed by atoms with Gasteiger partial charge in [-0.2, -0.15) is 0 Å². The van der Waals surface area contributed by atoms with E-state index in [-0.39, 0.29) is 30.7 Å². The number of carbonyl (C=O) groups excluding carboxylic acids is 3. The molecule has 0 unspecified atom stereocenters. The number of Topliss-reactive ketones (excluding diaryl/α,β-unsaturated/α-hetero) is 1. The fourth-order valence-electron chi connectivity index (χ4n) is 3.61. The number of piperazine rings is 1. The fraction of sp³-hybridized carbons (Fsp3) is 0.391. The molecule has 9 heteroatoms. The molecule has 0 bridgehead atoms. The third-order valence-corrected chi connectivity index (χ3v) is 5.30. The molecule has 1 fully saturated rings. The highest BCUT2D eigenvalue weighted by molar-refractivity contribution is 5.94. The number of nitrogens with one attached hydrogen (secondary N) is 1. The summed E-state index contributed by atoms with van der Waals surface area (Å²) in [5.41, 5.74) is 1.58. The number of likely N-dealkylation sites (N-methyl/N-ethyl adjacent to an activating group) is 1. The predicted octanol–water partition coefficient (Wildman–Crippen LogP) is 1.95. The van der Waals surface area contributed by atoms with Gasteiger partial charge in [0.15, 0.2) is 5.78 Å². The van der Waals surface area contributed by atoms with Crippen LogP contribution in [0.15, 0.2) is 36.4 Å². The highest BCUT2D eigenvalue weighted by Crippen LogP contribution is 2.22. The Kier molecular flexibility index (Phi) is 7.53. The summed E-state index contributed by atoms with van der Waals surface area (Å²) in [5, 5.41) is 2.73. The van der Waals surface area contributed by atoms with Crippen LogP contribution in [0, 0.1) is 12.7 Å². The van der Waals surface area contributed by atoms with Crippen LogP contribution in [0.3, 0.4) is 0 Å². The summed E-state index contributed by atoms with van der Waals surface area (Å²) >= 11 is 0. The first-order valence-corrected chi connectivity index (χ1v) is 10.5. The van der Waals surface area contributed by atoms with Gasteiger partial charge >= 0.3 is 0 Å². The quantitative estimate of drug-likeness (QED) is 0.661. The number of benzene rings is 1. The van der Waals surface area contributed by atoms with Crippen molar-refractivity contribution in [1.82, 2.24) is 14.8 Å². The van der Waals surface area contributed by atoms with Crippen LogP contribution < -0.4 is 10.2 Å². The molecule has 1 aliphatic heterocycles. The van der Waals surface area contributed by atoms with Crippen LogP contribution in [0.1, 0.15) is 23.0 Å². The van der Waals surface area contributed by atoms with Crippen LogP contribution >= 0.6 is 0 Å². The van der Waals surface area contributed by atoms with E-state index >= 15 is 0 Å². The molecule has 1 N–H and O–H groups in total. The van der Waals surface area contributed by atoms with Gasteiger partial charge in [-0.15, -0.1) is 0 Å². The molecule has 32 heavy (non-hydrogen) atoms. The Morgan fingerprint density at radius 2 is 1.81 bits per heavy atom. The van der Waals surface area contributed by atoms with Gasteiger partial charge in [-0.1, -0.05) is 6.07 Å². The molecule has 2 aromatic rings. The van der Waals surface area contributed by atoms with E-state index in [0.717, 1.165) is 5.69 Å². The van der Waals surface area contributed by atoms with Crippen LogP contribution in [-0.2, 0) is 9.59 Å². The minimum absolute atomic E-state index is 0.0645. The fourth-order valence-corrected chi connectivity index (χ4v) is 3.61. The lowest BCUT2D eigenvalue weighted by Gasteiger charge is -2.36. The van der Waals surface area contributed by atoms with Crippen molar-refractivity contribution < 1.29 is 18.8 Å². The summed E-state index contributed by atoms with van der Waals surface area (Å²) in [6, 6.07) is 9.85. The van der Waals surface area contributed by atoms with E-state index in [1.54, 1.807) is 35.0 Å². The number of nitrogens with zero attached hydrogens (tertiary/aromatic N) is 4. The van der Waals surface area contributed by atoms with Crippen molar-refractivity contribution in [3.63, 3.8) is 0 Å². The number of carbonyl (C=O) groups is 3. The molecule has 1 saturated heterocycles. The maximum atomic E-state index is 14.4. The van der Waals surface area contributed by atoms with Crippen LogP contribution in [0.5, 0.6) is 0 Å². The van der Waals surface area contributed by atoms with Crippen LogP contribution in [0.25, 0.3) is 0 Å². The maximum absolute atomic E-state index is 14.4. The van der Waals surface area contributed by atoms with Crippen LogP contribution in [-0.4, -0.2) is 78.7 Å². The Hall–Kier alpha value is -3.33. The summed E-state index contributed by atoms with van der Waals surface area (Å²) in [5.74, 6) is -0.465. The molecule has 1 aromatic carbocycles. The van der Waals surface area contributed by atoms with Gasteiger partial charge in [-0.3, -0.25) is 19.3 Å². The standard InChI is InChI=1S/C23H28FN5O3/c1-16-5-4-6-21(25-16)26-22(31)14-27(3)15-23(32)29-11-9-28(10-12-29)20-8-7-18(17(2)30)13-19(20)24/h4-8,13H,9-12,14-15H2,1-3H3,(H,25,26,31). The molecule has 0 atom stereocenters. The number of ketones is 1. The number of anilines is 2. The molecule has 2 amide bonds. The lowest BCUT2D eigenvalue weighted by atomic mass is 10.1. The Bertz CT molecular complexity index is 1000. The van der Waals surface area contributed by atoms with Gasteiger partial charge < -0.3 is 15.1 Å². The van der Waals surface area contributed by atoms with Gasteiger partial charge in [0.2, 0.25) is 11.8 Å². The maximum Gasteiger partial charge on any atom is 0.239 e. The minimum Gasteiger partial charge on any atom is -0.366 e. The van der Waals surface area contributed by atoms with Gasteiger partial charge in [0.05, 0.1) is 18.8 Å². The van der Waals surface area contributed by atoms with E-state index in [1.165, 1.54) is 13.0 Å². The molecular formula is C23H28FN5O3. The van der Waals surface area contributed by atoms with Crippen molar-refractivity contribution in [3.8, 4) is 0 Å². The second-order valence-corrected chi connectivity index (χ2v) is 7.97. The van der Waals surface area contributed by atoms with Crippen molar-refractivity contribution in [2.45, 2.75) is 13.8 Å². The van der Waals surface area contributed by atoms with Crippen LogP contribution in [0.2, 0.25) is 0 Å². The highest BCUT2D eigenvalue weighted by atomic mass is 19.1. The van der Waals surface area contributed by atoms with Crippen molar-refractivity contribution >= 4 is 29.1 Å². The number of pyridine rings is 1. The number of amides is 2. The largest absolute Gasteiger partial charge is 0.366 e. The zero-order valence-electron chi connectivity index (χ0n) is 18.6. The average molecular weight is 442 g/mol.